The number of amides is 1. The van der Waals surface area contributed by atoms with E-state index in [0.29, 0.717) is 18.5 Å². The van der Waals surface area contributed by atoms with Gasteiger partial charge in [-0.1, -0.05) is 74.1 Å². The highest BCUT2D eigenvalue weighted by Crippen LogP contribution is 2.73. The van der Waals surface area contributed by atoms with Crippen molar-refractivity contribution >= 4 is 58.7 Å². The smallest absolute Gasteiger partial charge is 0.440 e. The van der Waals surface area contributed by atoms with E-state index in [2.05, 4.69) is 46.2 Å². The Hall–Kier alpha value is -3.86. The number of carbonyl (C=O) groups excluding carboxylic acids is 1. The summed E-state index contributed by atoms with van der Waals surface area (Å²) in [7, 11) is 0. The number of carbonyl (C=O) groups is 1. The molecule has 10 heteroatoms. The van der Waals surface area contributed by atoms with Gasteiger partial charge in [-0.3, -0.25) is 4.90 Å². The van der Waals surface area contributed by atoms with E-state index < -0.39 is 27.5 Å². The Morgan fingerprint density at radius 3 is 2.04 bits per heavy atom. The molecule has 48 heavy (non-hydrogen) atoms. The summed E-state index contributed by atoms with van der Waals surface area (Å²) in [5.74, 6) is -0.791. The number of benzene rings is 1. The minimum atomic E-state index is -0.927. The molecule has 1 amide bonds. The molecule has 7 nitrogen and oxygen atoms in total. The van der Waals surface area contributed by atoms with E-state index in [0.717, 1.165) is 85.7 Å². The molecule has 1 aliphatic carbocycles. The molecule has 4 N–H and O–H groups in total. The number of rotatable bonds is 6. The van der Waals surface area contributed by atoms with Gasteiger partial charge >= 0.3 is 6.09 Å². The molecule has 4 aliphatic rings. The first kappa shape index (κ1) is 34.0. The normalized spacial score (nSPS) is 20.9. The van der Waals surface area contributed by atoms with Gasteiger partial charge in [0.15, 0.2) is 0 Å². The number of nitrogens with two attached hydrogens (primary N) is 1. The lowest BCUT2D eigenvalue weighted by molar-refractivity contribution is 0.110. The van der Waals surface area contributed by atoms with Crippen molar-refractivity contribution in [2.45, 2.75) is 70.9 Å². The van der Waals surface area contributed by atoms with Crippen LogP contribution in [0.5, 0.6) is 11.8 Å². The molecule has 0 saturated carbocycles. The standard InChI is InChI=1S/C38H41N3O4S3/c1-12-37(11)35-30(38(29(18(2)3)32(46-35)19(4)5)47-33(20(6)7)34(48-38)21(8)9)26-16-23-15-24(39)17-25(23)22(10)31(26)40(37)36(44)45-41-27(42)13-14-28(41)43/h13-16,42-43H,2,4,6,8,12,17,39H2,1,3,5,7,9-11H3. The second-order valence-corrected chi connectivity index (χ2v) is 16.9. The summed E-state index contributed by atoms with van der Waals surface area (Å²) in [6.07, 6.45) is 2.36. The molecule has 3 aliphatic heterocycles. The van der Waals surface area contributed by atoms with Crippen molar-refractivity contribution in [3.63, 3.8) is 0 Å². The van der Waals surface area contributed by atoms with Crippen LogP contribution >= 0.6 is 35.3 Å². The molecule has 0 saturated heterocycles. The molecule has 6 rings (SSSR count). The molecule has 0 fully saturated rings. The van der Waals surface area contributed by atoms with Crippen LogP contribution in [0.2, 0.25) is 0 Å². The predicted octanol–water partition coefficient (Wildman–Crippen LogP) is 9.71. The number of hydrogen-bond donors (Lipinski definition) is 3. The molecule has 1 aromatic heterocycles. The average molecular weight is 700 g/mol. The van der Waals surface area contributed by atoms with Crippen molar-refractivity contribution in [1.29, 1.82) is 0 Å². The number of allylic oxidation sites excluding steroid dienone is 5. The van der Waals surface area contributed by atoms with Crippen molar-refractivity contribution in [2.24, 2.45) is 5.73 Å². The predicted molar refractivity (Wildman–Crippen MR) is 204 cm³/mol. The van der Waals surface area contributed by atoms with Crippen LogP contribution in [-0.2, 0) is 6.42 Å². The molecule has 0 bridgehead atoms. The number of fused-ring (bicyclic) bond motifs is 4. The first-order chi connectivity index (χ1) is 22.5. The third-order valence-electron chi connectivity index (χ3n) is 9.35. The van der Waals surface area contributed by atoms with Crippen molar-refractivity contribution in [3.05, 3.63) is 120 Å². The van der Waals surface area contributed by atoms with Gasteiger partial charge in [-0.2, -0.15) is 0 Å². The maximum Gasteiger partial charge on any atom is 0.440 e. The van der Waals surface area contributed by atoms with E-state index >= 15 is 0 Å². The monoisotopic (exact) mass is 699 g/mol. The van der Waals surface area contributed by atoms with Gasteiger partial charge < -0.3 is 20.8 Å². The van der Waals surface area contributed by atoms with Crippen LogP contribution < -0.4 is 15.5 Å². The summed E-state index contributed by atoms with van der Waals surface area (Å²) in [5.41, 5.74) is 16.7. The summed E-state index contributed by atoms with van der Waals surface area (Å²) in [6, 6.07) is 4.68. The van der Waals surface area contributed by atoms with E-state index in [4.69, 9.17) is 10.6 Å². The summed E-state index contributed by atoms with van der Waals surface area (Å²) in [4.78, 5) is 26.2. The Kier molecular flexibility index (Phi) is 8.25. The second kappa shape index (κ2) is 11.6. The van der Waals surface area contributed by atoms with Crippen molar-refractivity contribution in [1.82, 2.24) is 4.73 Å². The zero-order chi connectivity index (χ0) is 35.2. The molecule has 1 unspecified atom stereocenters. The van der Waals surface area contributed by atoms with Crippen molar-refractivity contribution in [2.75, 3.05) is 4.90 Å². The first-order valence-electron chi connectivity index (χ1n) is 15.7. The van der Waals surface area contributed by atoms with Crippen LogP contribution in [0.3, 0.4) is 0 Å². The van der Waals surface area contributed by atoms with Crippen LogP contribution in [0.1, 0.15) is 70.2 Å². The minimum absolute atomic E-state index is 0.395. The van der Waals surface area contributed by atoms with Gasteiger partial charge in [0.25, 0.3) is 0 Å². The third kappa shape index (κ3) is 4.78. The van der Waals surface area contributed by atoms with Crippen molar-refractivity contribution < 1.29 is 19.8 Å². The van der Waals surface area contributed by atoms with E-state index in [-0.39, 0.29) is 0 Å². The number of aromatic nitrogens is 1. The Bertz CT molecular complexity index is 2000. The van der Waals surface area contributed by atoms with Gasteiger partial charge in [0.1, 0.15) is 4.08 Å². The van der Waals surface area contributed by atoms with Crippen LogP contribution in [-0.4, -0.2) is 30.7 Å². The Labute approximate surface area is 295 Å². The Morgan fingerprint density at radius 1 is 0.979 bits per heavy atom. The Morgan fingerprint density at radius 2 is 1.54 bits per heavy atom. The number of aromatic hydroxyl groups is 2. The van der Waals surface area contributed by atoms with Gasteiger partial charge in [-0.05, 0) is 99.1 Å². The highest BCUT2D eigenvalue weighted by Gasteiger charge is 2.59. The summed E-state index contributed by atoms with van der Waals surface area (Å²) in [5, 5.41) is 20.9. The van der Waals surface area contributed by atoms with E-state index in [1.54, 1.807) is 40.2 Å². The Balaban J connectivity index is 1.73. The van der Waals surface area contributed by atoms with Crippen LogP contribution in [0.15, 0.2) is 97.7 Å². The maximum absolute atomic E-state index is 14.6. The molecule has 1 atom stereocenters. The number of hydrogen-bond acceptors (Lipinski definition) is 8. The SMILES string of the molecule is C=C(C)C1=C(C(=C)C)SC2(S1)C(C(=C)C)=C(C(=C)C)SC1=C2c2cc3c(c(C)c2N(C(=O)On2c(O)ccc2O)C1(C)CC)CC(N)=C3. The van der Waals surface area contributed by atoms with Crippen molar-refractivity contribution in [3.8, 4) is 11.8 Å². The fourth-order valence-electron chi connectivity index (χ4n) is 6.99. The van der Waals surface area contributed by atoms with E-state index in [9.17, 15) is 15.0 Å². The summed E-state index contributed by atoms with van der Waals surface area (Å²) in [6.45, 7) is 32.0. The molecule has 1 spiro atoms. The van der Waals surface area contributed by atoms with Gasteiger partial charge in [0.05, 0.1) is 11.2 Å². The molecular formula is C38H41N3O4S3. The van der Waals surface area contributed by atoms with Crippen LogP contribution in [0, 0.1) is 6.92 Å². The van der Waals surface area contributed by atoms with E-state index in [1.165, 1.54) is 12.1 Å². The van der Waals surface area contributed by atoms with Gasteiger partial charge in [0.2, 0.25) is 11.8 Å². The molecule has 250 valence electrons. The first-order valence-corrected chi connectivity index (χ1v) is 18.1. The largest absolute Gasteiger partial charge is 0.492 e. The van der Waals surface area contributed by atoms with Gasteiger partial charge in [0, 0.05) is 55.0 Å². The lowest BCUT2D eigenvalue weighted by atomic mass is 9.78. The summed E-state index contributed by atoms with van der Waals surface area (Å²) >= 11 is 5.14. The fourth-order valence-corrected chi connectivity index (χ4v) is 12.6. The molecular weight excluding hydrogens is 659 g/mol. The second-order valence-electron chi connectivity index (χ2n) is 13.1. The number of anilines is 1. The van der Waals surface area contributed by atoms with Gasteiger partial charge in [-0.25, -0.2) is 4.79 Å². The number of nitrogens with zero attached hydrogens (tertiary/aromatic N) is 2. The zero-order valence-corrected chi connectivity index (χ0v) is 30.9. The molecule has 1 aromatic carbocycles. The van der Waals surface area contributed by atoms with Crippen LogP contribution in [0.25, 0.3) is 11.6 Å². The lowest BCUT2D eigenvalue weighted by Gasteiger charge is -2.53. The summed E-state index contributed by atoms with van der Waals surface area (Å²) < 4.78 is 0.0267. The highest BCUT2D eigenvalue weighted by molar-refractivity contribution is 8.26. The van der Waals surface area contributed by atoms with E-state index in [1.807, 2.05) is 40.7 Å². The molecule has 4 heterocycles. The van der Waals surface area contributed by atoms with Gasteiger partial charge in [-0.15, -0.1) is 4.73 Å². The highest BCUT2D eigenvalue weighted by atomic mass is 32.2. The lowest BCUT2D eigenvalue weighted by Crippen LogP contribution is -2.56. The van der Waals surface area contributed by atoms with Crippen LogP contribution in [0.4, 0.5) is 10.5 Å². The maximum atomic E-state index is 14.6. The topological polar surface area (TPSA) is 101 Å². The average Bonchev–Trinajstić information content (AvgIpc) is 3.68. The molecule has 2 aromatic rings. The fraction of sp³-hybridized carbons (Fsp3) is 0.289. The number of thioether (sulfide) groups is 3. The minimum Gasteiger partial charge on any atom is -0.492 e. The third-order valence-corrected chi connectivity index (χ3v) is 14.5. The quantitative estimate of drug-likeness (QED) is 0.274. The zero-order valence-electron chi connectivity index (χ0n) is 28.5. The molecule has 0 radical (unpaired) electrons.